The van der Waals surface area contributed by atoms with Gasteiger partial charge in [0.1, 0.15) is 17.4 Å². The van der Waals surface area contributed by atoms with Crippen LogP contribution >= 0.6 is 0 Å². The van der Waals surface area contributed by atoms with Crippen LogP contribution in [0.1, 0.15) is 39.0 Å². The minimum atomic E-state index is -0.488. The summed E-state index contributed by atoms with van der Waals surface area (Å²) in [6, 6.07) is 5.73. The van der Waals surface area contributed by atoms with Gasteiger partial charge in [0.05, 0.1) is 11.8 Å². The summed E-state index contributed by atoms with van der Waals surface area (Å²) in [5, 5.41) is 8.20. The van der Waals surface area contributed by atoms with Crippen LogP contribution in [0.4, 0.5) is 15.9 Å². The third kappa shape index (κ3) is 3.60. The number of fused-ring (bicyclic) bond motifs is 1. The van der Waals surface area contributed by atoms with Crippen LogP contribution in [0.2, 0.25) is 0 Å². The van der Waals surface area contributed by atoms with Gasteiger partial charge in [0.2, 0.25) is 0 Å². The lowest BCUT2D eigenvalue weighted by molar-refractivity contribution is 0.395. The molecule has 8 nitrogen and oxygen atoms in total. The molecule has 1 aliphatic carbocycles. The van der Waals surface area contributed by atoms with Gasteiger partial charge in [-0.05, 0) is 37.5 Å². The Balaban J connectivity index is 1.58. The lowest BCUT2D eigenvalue weighted by atomic mass is 10.1. The minimum absolute atomic E-state index is 0.0876. The number of benzene rings is 1. The van der Waals surface area contributed by atoms with Crippen molar-refractivity contribution < 1.29 is 13.7 Å². The first kappa shape index (κ1) is 19.5. The van der Waals surface area contributed by atoms with Gasteiger partial charge in [-0.1, -0.05) is 24.9 Å². The van der Waals surface area contributed by atoms with Crippen LogP contribution in [-0.2, 0) is 6.54 Å². The third-order valence-corrected chi connectivity index (χ3v) is 5.56. The van der Waals surface area contributed by atoms with Gasteiger partial charge < -0.3 is 9.26 Å². The predicted octanol–water partition coefficient (Wildman–Crippen LogP) is 4.71. The highest BCUT2D eigenvalue weighted by Gasteiger charge is 2.31. The molecule has 3 aromatic rings. The molecule has 2 aromatic heterocycles. The highest BCUT2D eigenvalue weighted by atomic mass is 19.1. The summed E-state index contributed by atoms with van der Waals surface area (Å²) in [5.41, 5.74) is 0.143. The van der Waals surface area contributed by atoms with Gasteiger partial charge in [-0.15, -0.1) is 0 Å². The standard InChI is InChI=1S/C22H21FN5O3/c1-2-11-28-20-18(25-19(26-20)13-5-3-4-6-13)21(29)27-22(28)30-16-8-7-14(23)12-15(16)17-9-10-24-31-17/h7-10,12-13H,2-6,11H2,1H3. The van der Waals surface area contributed by atoms with Crippen LogP contribution in [0.5, 0.6) is 11.8 Å². The summed E-state index contributed by atoms with van der Waals surface area (Å²) >= 11 is 0. The summed E-state index contributed by atoms with van der Waals surface area (Å²) in [6.07, 6.45) is 6.61. The molecule has 1 fully saturated rings. The summed E-state index contributed by atoms with van der Waals surface area (Å²) < 4.78 is 26.9. The number of amidine groups is 1. The zero-order chi connectivity index (χ0) is 21.4. The first-order valence-corrected chi connectivity index (χ1v) is 10.5. The molecule has 1 aromatic carbocycles. The molecule has 5 rings (SSSR count). The van der Waals surface area contributed by atoms with Gasteiger partial charge >= 0.3 is 11.6 Å². The number of hydrogen-bond donors (Lipinski definition) is 0. The normalized spacial score (nSPS) is 15.6. The lowest BCUT2D eigenvalue weighted by Gasteiger charge is -2.15. The number of nitrogens with zero attached hydrogens (tertiary/aromatic N) is 5. The Morgan fingerprint density at radius 2 is 2.10 bits per heavy atom. The largest absolute Gasteiger partial charge is 0.425 e. The van der Waals surface area contributed by atoms with Gasteiger partial charge in [-0.25, -0.2) is 14.7 Å². The molecule has 1 aliphatic heterocycles. The van der Waals surface area contributed by atoms with E-state index in [1.807, 2.05) is 6.92 Å². The van der Waals surface area contributed by atoms with E-state index in [2.05, 4.69) is 15.5 Å². The van der Waals surface area contributed by atoms with Crippen molar-refractivity contribution in [3.05, 3.63) is 46.6 Å². The minimum Gasteiger partial charge on any atom is -0.425 e. The maximum atomic E-state index is 13.9. The molecule has 0 spiro atoms. The van der Waals surface area contributed by atoms with Crippen molar-refractivity contribution in [1.29, 1.82) is 0 Å². The number of hydrogen-bond acceptors (Lipinski definition) is 6. The molecule has 0 unspecified atom stereocenters. The van der Waals surface area contributed by atoms with E-state index in [9.17, 15) is 9.18 Å². The highest BCUT2D eigenvalue weighted by Crippen LogP contribution is 2.38. The second-order valence-electron chi connectivity index (χ2n) is 7.71. The summed E-state index contributed by atoms with van der Waals surface area (Å²) in [4.78, 5) is 21.6. The van der Waals surface area contributed by atoms with Gasteiger partial charge in [0.15, 0.2) is 17.3 Å². The number of ether oxygens (including phenoxy) is 1. The zero-order valence-corrected chi connectivity index (χ0v) is 17.0. The topological polar surface area (TPSA) is 96.6 Å². The number of aliphatic imine (C=N–C) groups is 1. The smallest absolute Gasteiger partial charge is 0.307 e. The molecule has 1 radical (unpaired) electrons. The quantitative estimate of drug-likeness (QED) is 0.573. The summed E-state index contributed by atoms with van der Waals surface area (Å²) in [5.74, 6) is 1.65. The van der Waals surface area contributed by atoms with Gasteiger partial charge in [0, 0.05) is 18.5 Å². The fourth-order valence-electron chi connectivity index (χ4n) is 4.08. The fraction of sp³-hybridized carbons (Fsp3) is 0.364. The Bertz CT molecular complexity index is 1200. The van der Waals surface area contributed by atoms with Gasteiger partial charge in [-0.3, -0.25) is 9.36 Å². The molecule has 159 valence electrons. The van der Waals surface area contributed by atoms with E-state index in [1.54, 1.807) is 10.6 Å². The molecule has 31 heavy (non-hydrogen) atoms. The zero-order valence-electron chi connectivity index (χ0n) is 17.0. The van der Waals surface area contributed by atoms with Crippen LogP contribution in [-0.4, -0.2) is 20.5 Å². The highest BCUT2D eigenvalue weighted by molar-refractivity contribution is 5.96. The number of aromatic nitrogens is 3. The maximum absolute atomic E-state index is 13.9. The summed E-state index contributed by atoms with van der Waals surface area (Å²) in [7, 11) is 0. The van der Waals surface area contributed by atoms with Crippen LogP contribution in [0.3, 0.4) is 0 Å². The fourth-order valence-corrected chi connectivity index (χ4v) is 4.08. The van der Waals surface area contributed by atoms with Crippen molar-refractivity contribution >= 4 is 17.3 Å². The van der Waals surface area contributed by atoms with Crippen molar-refractivity contribution in [2.24, 2.45) is 10.9 Å². The Labute approximate surface area is 177 Å². The molecule has 2 aliphatic rings. The van der Waals surface area contributed by atoms with Gasteiger partial charge in [-0.2, -0.15) is 4.98 Å². The second kappa shape index (κ2) is 7.98. The monoisotopic (exact) mass is 422 g/mol. The van der Waals surface area contributed by atoms with Crippen molar-refractivity contribution in [3.63, 3.8) is 0 Å². The first-order chi connectivity index (χ1) is 15.1. The van der Waals surface area contributed by atoms with Crippen molar-refractivity contribution in [3.8, 4) is 23.1 Å². The third-order valence-electron chi connectivity index (χ3n) is 5.56. The number of rotatable bonds is 6. The molecule has 3 heterocycles. The van der Waals surface area contributed by atoms with Crippen molar-refractivity contribution in [1.82, 2.24) is 20.0 Å². The van der Waals surface area contributed by atoms with Gasteiger partial charge in [0.25, 0.3) is 0 Å². The first-order valence-electron chi connectivity index (χ1n) is 10.5. The van der Waals surface area contributed by atoms with Crippen LogP contribution in [0, 0.1) is 11.7 Å². The van der Waals surface area contributed by atoms with Crippen LogP contribution in [0.15, 0.2) is 44.8 Å². The van der Waals surface area contributed by atoms with Crippen LogP contribution < -0.4 is 15.6 Å². The number of halogens is 1. The molecular formula is C22H21FN5O3. The molecule has 0 amide bonds. The van der Waals surface area contributed by atoms with Crippen LogP contribution in [0.25, 0.3) is 11.3 Å². The molecule has 9 heteroatoms. The van der Waals surface area contributed by atoms with Crippen molar-refractivity contribution in [2.45, 2.75) is 45.6 Å². The van der Waals surface area contributed by atoms with E-state index in [0.29, 0.717) is 35.3 Å². The summed E-state index contributed by atoms with van der Waals surface area (Å²) in [6.45, 7) is 2.56. The lowest BCUT2D eigenvalue weighted by Crippen LogP contribution is -2.21. The Morgan fingerprint density at radius 3 is 2.84 bits per heavy atom. The van der Waals surface area contributed by atoms with E-state index in [4.69, 9.17) is 14.3 Å². The molecule has 0 atom stereocenters. The molecule has 0 saturated heterocycles. The Morgan fingerprint density at radius 1 is 1.26 bits per heavy atom. The molecule has 0 N–H and O–H groups in total. The second-order valence-corrected chi connectivity index (χ2v) is 7.71. The average Bonchev–Trinajstić information content (AvgIpc) is 3.53. The Kier molecular flexibility index (Phi) is 5.01. The molecule has 1 saturated carbocycles. The molecule has 0 bridgehead atoms. The van der Waals surface area contributed by atoms with E-state index < -0.39 is 11.4 Å². The Hall–Kier alpha value is -3.49. The van der Waals surface area contributed by atoms with Crippen molar-refractivity contribution in [2.75, 3.05) is 0 Å². The van der Waals surface area contributed by atoms with E-state index >= 15 is 0 Å². The van der Waals surface area contributed by atoms with E-state index in [0.717, 1.165) is 32.1 Å². The van der Waals surface area contributed by atoms with E-state index in [1.165, 1.54) is 24.4 Å². The average molecular weight is 422 g/mol. The predicted molar refractivity (Wildman–Crippen MR) is 112 cm³/mol. The SMILES string of the molecule is CCCn1c(Oc2ccc(F)cc2-c2ccno2)nc(=O)c2c1N=C(C1CCCC1)[N]2. The molecular weight excluding hydrogens is 401 g/mol. The maximum Gasteiger partial charge on any atom is 0.307 e. The van der Waals surface area contributed by atoms with E-state index in [-0.39, 0.29) is 17.6 Å².